The van der Waals surface area contributed by atoms with Crippen molar-refractivity contribution in [1.29, 1.82) is 0 Å². The number of nitrogens with zero attached hydrogens (tertiary/aromatic N) is 3. The Kier molecular flexibility index (Phi) is 4.48. The van der Waals surface area contributed by atoms with Crippen LogP contribution in [0.5, 0.6) is 0 Å². The molecule has 3 aliphatic rings. The molecule has 2 unspecified atom stereocenters. The number of carbonyl (C=O) groups excluding carboxylic acids is 2. The van der Waals surface area contributed by atoms with E-state index in [-0.39, 0.29) is 25.0 Å². The number of hydrogen-bond donors (Lipinski definition) is 1. The molecule has 0 radical (unpaired) electrons. The lowest BCUT2D eigenvalue weighted by atomic mass is 9.76. The minimum Gasteiger partial charge on any atom is -0.396 e. The van der Waals surface area contributed by atoms with E-state index in [1.165, 1.54) is 6.20 Å². The van der Waals surface area contributed by atoms with E-state index in [0.29, 0.717) is 18.7 Å². The highest BCUT2D eigenvalue weighted by Crippen LogP contribution is 2.53. The molecule has 8 nitrogen and oxygen atoms in total. The van der Waals surface area contributed by atoms with Crippen LogP contribution in [-0.4, -0.2) is 58.9 Å². The van der Waals surface area contributed by atoms with Crippen LogP contribution >= 0.6 is 0 Å². The fraction of sp³-hybridized carbons (Fsp3) is 0.409. The van der Waals surface area contributed by atoms with Gasteiger partial charge in [0.25, 0.3) is 0 Å². The first-order valence-electron chi connectivity index (χ1n) is 10.1. The second-order valence-corrected chi connectivity index (χ2v) is 8.14. The number of aliphatic hydroxyl groups excluding tert-OH is 1. The summed E-state index contributed by atoms with van der Waals surface area (Å²) in [5.41, 5.74) is 1.01. The summed E-state index contributed by atoms with van der Waals surface area (Å²) >= 11 is 0. The Morgan fingerprint density at radius 2 is 2.13 bits per heavy atom. The molecule has 2 bridgehead atoms. The summed E-state index contributed by atoms with van der Waals surface area (Å²) in [6.45, 7) is 0.757. The number of fused-ring (bicyclic) bond motifs is 1. The zero-order valence-corrected chi connectivity index (χ0v) is 16.6. The van der Waals surface area contributed by atoms with Crippen molar-refractivity contribution < 1.29 is 24.0 Å². The van der Waals surface area contributed by atoms with E-state index in [9.17, 15) is 9.59 Å². The van der Waals surface area contributed by atoms with Crippen LogP contribution in [0.4, 0.5) is 5.69 Å². The summed E-state index contributed by atoms with van der Waals surface area (Å²) in [5, 5.41) is 12.8. The SMILES string of the molecule is CN(Cc1ccno1)C(=O)C1C2C(=O)N(c3ccc(CCO)cc3)C[C@@]23C=C[C@@H]1O3. The van der Waals surface area contributed by atoms with E-state index in [1.807, 2.05) is 36.4 Å². The normalized spacial score (nSPS) is 28.9. The molecular formula is C22H23N3O5. The van der Waals surface area contributed by atoms with Gasteiger partial charge in [0.15, 0.2) is 5.76 Å². The Bertz CT molecular complexity index is 987. The van der Waals surface area contributed by atoms with Gasteiger partial charge in [-0.05, 0) is 24.1 Å². The van der Waals surface area contributed by atoms with E-state index < -0.39 is 23.5 Å². The quantitative estimate of drug-likeness (QED) is 0.720. The third-order valence-corrected chi connectivity index (χ3v) is 6.29. The third kappa shape index (κ3) is 2.86. The number of amides is 2. The summed E-state index contributed by atoms with van der Waals surface area (Å²) < 4.78 is 11.3. The molecule has 156 valence electrons. The van der Waals surface area contributed by atoms with Crippen LogP contribution in [-0.2, 0) is 27.3 Å². The lowest BCUT2D eigenvalue weighted by Crippen LogP contribution is -2.44. The van der Waals surface area contributed by atoms with Crippen LogP contribution in [0.25, 0.3) is 0 Å². The van der Waals surface area contributed by atoms with Gasteiger partial charge in [-0.25, -0.2) is 0 Å². The molecule has 4 atom stereocenters. The van der Waals surface area contributed by atoms with Crippen molar-refractivity contribution in [2.75, 3.05) is 25.1 Å². The molecule has 5 rings (SSSR count). The standard InChI is InChI=1S/C22H23N3O5/c1-24(12-16-7-10-23-30-16)20(27)18-17-6-9-22(29-17)13-25(21(28)19(18)22)15-4-2-14(3-5-15)8-11-26/h2-7,9-10,17-19,26H,8,11-13H2,1H3/t17-,18?,19?,22-/m0/s1. The van der Waals surface area contributed by atoms with Crippen molar-refractivity contribution in [3.05, 3.63) is 60.0 Å². The number of aliphatic hydroxyl groups is 1. The van der Waals surface area contributed by atoms with Crippen molar-refractivity contribution in [3.63, 3.8) is 0 Å². The topological polar surface area (TPSA) is 96.1 Å². The van der Waals surface area contributed by atoms with E-state index in [2.05, 4.69) is 5.16 Å². The minimum absolute atomic E-state index is 0.0819. The van der Waals surface area contributed by atoms with Gasteiger partial charge in [0.2, 0.25) is 11.8 Å². The average Bonchev–Trinajstić information content (AvgIpc) is 3.51. The van der Waals surface area contributed by atoms with Crippen molar-refractivity contribution in [3.8, 4) is 0 Å². The number of ether oxygens (including phenoxy) is 1. The van der Waals surface area contributed by atoms with Gasteiger partial charge in [0.1, 0.15) is 5.60 Å². The van der Waals surface area contributed by atoms with Crippen LogP contribution in [0.2, 0.25) is 0 Å². The number of carbonyl (C=O) groups is 2. The highest BCUT2D eigenvalue weighted by Gasteiger charge is 2.67. The number of anilines is 1. The maximum atomic E-state index is 13.4. The predicted molar refractivity (Wildman–Crippen MR) is 106 cm³/mol. The van der Waals surface area contributed by atoms with Gasteiger partial charge in [-0.15, -0.1) is 0 Å². The Labute approximate surface area is 173 Å². The number of hydrogen-bond acceptors (Lipinski definition) is 6. The van der Waals surface area contributed by atoms with Crippen LogP contribution in [0, 0.1) is 11.8 Å². The van der Waals surface area contributed by atoms with Gasteiger partial charge in [-0.1, -0.05) is 29.4 Å². The van der Waals surface area contributed by atoms with Gasteiger partial charge >= 0.3 is 0 Å². The van der Waals surface area contributed by atoms with E-state index in [0.717, 1.165) is 11.3 Å². The summed E-state index contributed by atoms with van der Waals surface area (Å²) in [4.78, 5) is 29.9. The second kappa shape index (κ2) is 7.07. The van der Waals surface area contributed by atoms with Crippen molar-refractivity contribution in [2.24, 2.45) is 11.8 Å². The monoisotopic (exact) mass is 409 g/mol. The zero-order chi connectivity index (χ0) is 20.9. The van der Waals surface area contributed by atoms with E-state index in [1.54, 1.807) is 22.9 Å². The molecule has 2 fully saturated rings. The first kappa shape index (κ1) is 19.0. The Balaban J connectivity index is 1.39. The molecule has 2 amide bonds. The zero-order valence-electron chi connectivity index (χ0n) is 16.6. The molecular weight excluding hydrogens is 386 g/mol. The van der Waals surface area contributed by atoms with Gasteiger partial charge in [0.05, 0.1) is 37.2 Å². The highest BCUT2D eigenvalue weighted by molar-refractivity contribution is 6.03. The van der Waals surface area contributed by atoms with Gasteiger partial charge in [-0.2, -0.15) is 0 Å². The summed E-state index contributed by atoms with van der Waals surface area (Å²) in [6.07, 6.45) is 5.57. The number of aromatic nitrogens is 1. The molecule has 2 saturated heterocycles. The summed E-state index contributed by atoms with van der Waals surface area (Å²) in [6, 6.07) is 9.29. The predicted octanol–water partition coefficient (Wildman–Crippen LogP) is 1.15. The highest BCUT2D eigenvalue weighted by atomic mass is 16.5. The molecule has 0 aliphatic carbocycles. The number of benzene rings is 1. The molecule has 1 N–H and O–H groups in total. The second-order valence-electron chi connectivity index (χ2n) is 8.14. The maximum absolute atomic E-state index is 13.4. The molecule has 1 aromatic heterocycles. The Morgan fingerprint density at radius 1 is 1.33 bits per heavy atom. The molecule has 1 aromatic carbocycles. The Hall–Kier alpha value is -2.97. The van der Waals surface area contributed by atoms with Crippen LogP contribution < -0.4 is 4.90 Å². The fourth-order valence-corrected chi connectivity index (χ4v) is 4.86. The first-order chi connectivity index (χ1) is 14.5. The van der Waals surface area contributed by atoms with Crippen molar-refractivity contribution in [2.45, 2.75) is 24.7 Å². The molecule has 3 aliphatic heterocycles. The first-order valence-corrected chi connectivity index (χ1v) is 10.1. The molecule has 30 heavy (non-hydrogen) atoms. The maximum Gasteiger partial charge on any atom is 0.234 e. The minimum atomic E-state index is -0.765. The van der Waals surface area contributed by atoms with Gasteiger partial charge in [-0.3, -0.25) is 9.59 Å². The average molecular weight is 409 g/mol. The van der Waals surface area contributed by atoms with Gasteiger partial charge < -0.3 is 24.2 Å². The van der Waals surface area contributed by atoms with Crippen molar-refractivity contribution in [1.82, 2.24) is 10.1 Å². The van der Waals surface area contributed by atoms with Crippen LogP contribution in [0.1, 0.15) is 11.3 Å². The molecule has 2 aromatic rings. The molecule has 4 heterocycles. The number of rotatable bonds is 6. The lowest BCUT2D eigenvalue weighted by molar-refractivity contribution is -0.139. The van der Waals surface area contributed by atoms with Gasteiger partial charge in [0, 0.05) is 25.4 Å². The van der Waals surface area contributed by atoms with Crippen LogP contribution in [0.15, 0.2) is 53.2 Å². The summed E-state index contributed by atoms with van der Waals surface area (Å²) in [7, 11) is 1.70. The summed E-state index contributed by atoms with van der Waals surface area (Å²) in [5.74, 6) is -0.754. The molecule has 1 spiro atoms. The Morgan fingerprint density at radius 3 is 2.83 bits per heavy atom. The largest absolute Gasteiger partial charge is 0.396 e. The fourth-order valence-electron chi connectivity index (χ4n) is 4.86. The van der Waals surface area contributed by atoms with E-state index in [4.69, 9.17) is 14.4 Å². The molecule has 0 saturated carbocycles. The van der Waals surface area contributed by atoms with E-state index >= 15 is 0 Å². The smallest absolute Gasteiger partial charge is 0.234 e. The lowest BCUT2D eigenvalue weighted by Gasteiger charge is -2.27. The van der Waals surface area contributed by atoms with Crippen LogP contribution in [0.3, 0.4) is 0 Å². The molecule has 8 heteroatoms. The third-order valence-electron chi connectivity index (χ3n) is 6.29. The van der Waals surface area contributed by atoms with Crippen molar-refractivity contribution >= 4 is 17.5 Å².